The summed E-state index contributed by atoms with van der Waals surface area (Å²) in [5.41, 5.74) is 7.48. The van der Waals surface area contributed by atoms with E-state index >= 15 is 0 Å². The van der Waals surface area contributed by atoms with Gasteiger partial charge in [-0.1, -0.05) is 18.2 Å². The van der Waals surface area contributed by atoms with Gasteiger partial charge in [0.15, 0.2) is 5.84 Å². The molecule has 0 spiro atoms. The second-order valence-corrected chi connectivity index (χ2v) is 9.03. The maximum Gasteiger partial charge on any atom is 0.283 e. The number of benzene rings is 1. The zero-order valence-electron chi connectivity index (χ0n) is 18.7. The van der Waals surface area contributed by atoms with Crippen LogP contribution in [0.25, 0.3) is 11.8 Å². The van der Waals surface area contributed by atoms with Gasteiger partial charge in [0.1, 0.15) is 5.04 Å². The Hall–Kier alpha value is -3.78. The number of amides is 1. The van der Waals surface area contributed by atoms with Gasteiger partial charge in [0, 0.05) is 29.3 Å². The average molecular weight is 455 g/mol. The predicted molar refractivity (Wildman–Crippen MR) is 133 cm³/mol. The summed E-state index contributed by atoms with van der Waals surface area (Å²) in [4.78, 5) is 21.2. The van der Waals surface area contributed by atoms with E-state index in [0.717, 1.165) is 28.2 Å². The molecule has 0 aliphatic carbocycles. The molecule has 0 radical (unpaired) electrons. The number of hydrogen-bond donors (Lipinski definition) is 1. The largest absolute Gasteiger partial charge is 0.317 e. The Labute approximate surface area is 196 Å². The van der Waals surface area contributed by atoms with Crippen LogP contribution in [0.15, 0.2) is 64.5 Å². The highest BCUT2D eigenvalue weighted by molar-refractivity contribution is 8.27. The van der Waals surface area contributed by atoms with Crippen molar-refractivity contribution in [3.63, 3.8) is 0 Å². The maximum atomic E-state index is 12.9. The van der Waals surface area contributed by atoms with Crippen molar-refractivity contribution in [2.24, 2.45) is 10.1 Å². The summed E-state index contributed by atoms with van der Waals surface area (Å²) in [6.45, 7) is 8.27. The quantitative estimate of drug-likeness (QED) is 0.578. The van der Waals surface area contributed by atoms with Crippen molar-refractivity contribution in [1.82, 2.24) is 14.6 Å². The summed E-state index contributed by atoms with van der Waals surface area (Å²) < 4.78 is 2.20. The first-order valence-electron chi connectivity index (χ1n) is 10.5. The third kappa shape index (κ3) is 3.52. The lowest BCUT2D eigenvalue weighted by Gasteiger charge is -2.20. The van der Waals surface area contributed by atoms with Gasteiger partial charge in [-0.3, -0.25) is 15.2 Å². The van der Waals surface area contributed by atoms with E-state index in [4.69, 9.17) is 5.41 Å². The molecular weight excluding hydrogens is 432 g/mol. The standard InChI is InChI=1S/C25H22N6OS/c1-14-7-5-8-15(2)21(14)30-16(3)11-19(17(30)4)12-20-22(26)31-25(28-23(20)32)33-24(29-31)18-9-6-10-27-13-18/h5-13,26H,1-4H3/b20-12+,26-22?. The fourth-order valence-corrected chi connectivity index (χ4v) is 5.07. The molecular formula is C25H22N6OS. The Bertz CT molecular complexity index is 1390. The van der Waals surface area contributed by atoms with Crippen molar-refractivity contribution in [2.75, 3.05) is 0 Å². The third-order valence-electron chi connectivity index (χ3n) is 5.80. The van der Waals surface area contributed by atoms with Gasteiger partial charge in [0.25, 0.3) is 5.91 Å². The van der Waals surface area contributed by atoms with Gasteiger partial charge in [-0.2, -0.15) is 15.1 Å². The minimum atomic E-state index is -0.432. The van der Waals surface area contributed by atoms with E-state index in [1.54, 1.807) is 18.5 Å². The number of fused-ring (bicyclic) bond motifs is 1. The first-order valence-corrected chi connectivity index (χ1v) is 11.3. The zero-order chi connectivity index (χ0) is 23.3. The zero-order valence-corrected chi connectivity index (χ0v) is 19.6. The number of pyridine rings is 1. The maximum absolute atomic E-state index is 12.9. The normalized spacial score (nSPS) is 16.8. The topological polar surface area (TPSA) is 86.7 Å². The van der Waals surface area contributed by atoms with Crippen molar-refractivity contribution >= 4 is 39.8 Å². The van der Waals surface area contributed by atoms with Crippen LogP contribution in [0.3, 0.4) is 0 Å². The molecule has 0 saturated carbocycles. The number of carbonyl (C=O) groups excluding carboxylic acids is 1. The first kappa shape index (κ1) is 21.1. The average Bonchev–Trinajstić information content (AvgIpc) is 3.33. The lowest BCUT2D eigenvalue weighted by atomic mass is 10.1. The van der Waals surface area contributed by atoms with E-state index in [-0.39, 0.29) is 11.4 Å². The summed E-state index contributed by atoms with van der Waals surface area (Å²) in [5, 5.41) is 15.7. The SMILES string of the molecule is Cc1cccc(C)c1-n1c(C)cc(/C=C2\C(=N)N3N=C(c4cccnc4)SC3=NC2=O)c1C. The van der Waals surface area contributed by atoms with Crippen LogP contribution in [0.2, 0.25) is 0 Å². The second-order valence-electron chi connectivity index (χ2n) is 8.07. The van der Waals surface area contributed by atoms with Crippen LogP contribution >= 0.6 is 11.8 Å². The number of hydrogen-bond acceptors (Lipinski definition) is 5. The number of aliphatic imine (C=N–C) groups is 1. The highest BCUT2D eigenvalue weighted by atomic mass is 32.2. The van der Waals surface area contributed by atoms with Crippen molar-refractivity contribution in [1.29, 1.82) is 5.41 Å². The van der Waals surface area contributed by atoms with Gasteiger partial charge in [-0.15, -0.1) is 0 Å². The molecule has 8 heteroatoms. The molecule has 2 aliphatic heterocycles. The molecule has 7 nitrogen and oxygen atoms in total. The van der Waals surface area contributed by atoms with Crippen LogP contribution in [0.4, 0.5) is 0 Å². The third-order valence-corrected chi connectivity index (χ3v) is 6.75. The lowest BCUT2D eigenvalue weighted by molar-refractivity contribution is -0.114. The fraction of sp³-hybridized carbons (Fsp3) is 0.160. The number of thioether (sulfide) groups is 1. The van der Waals surface area contributed by atoms with Crippen LogP contribution in [0.1, 0.15) is 33.6 Å². The number of nitrogens with zero attached hydrogens (tertiary/aromatic N) is 5. The summed E-state index contributed by atoms with van der Waals surface area (Å²) in [5.74, 6) is -0.411. The van der Waals surface area contributed by atoms with Gasteiger partial charge >= 0.3 is 0 Å². The number of carbonyl (C=O) groups is 1. The minimum Gasteiger partial charge on any atom is -0.317 e. The fourth-order valence-electron chi connectivity index (χ4n) is 4.19. The van der Waals surface area contributed by atoms with Gasteiger partial charge in [-0.25, -0.2) is 0 Å². The number of aryl methyl sites for hydroxylation is 3. The summed E-state index contributed by atoms with van der Waals surface area (Å²) >= 11 is 1.27. The number of para-hydroxylation sites is 1. The van der Waals surface area contributed by atoms with E-state index in [9.17, 15) is 4.79 Å². The summed E-state index contributed by atoms with van der Waals surface area (Å²) in [6, 6.07) is 12.0. The van der Waals surface area contributed by atoms with Crippen molar-refractivity contribution in [2.45, 2.75) is 27.7 Å². The second kappa shape index (κ2) is 7.97. The monoisotopic (exact) mass is 454 g/mol. The van der Waals surface area contributed by atoms with Crippen molar-refractivity contribution in [3.8, 4) is 5.69 Å². The smallest absolute Gasteiger partial charge is 0.283 e. The van der Waals surface area contributed by atoms with E-state index in [0.29, 0.717) is 10.2 Å². The Kier molecular flexibility index (Phi) is 5.09. The molecule has 0 saturated heterocycles. The summed E-state index contributed by atoms with van der Waals surface area (Å²) in [7, 11) is 0. The Morgan fingerprint density at radius 3 is 2.52 bits per heavy atom. The van der Waals surface area contributed by atoms with Crippen LogP contribution in [-0.2, 0) is 4.79 Å². The molecule has 5 rings (SSSR count). The molecule has 3 aromatic rings. The predicted octanol–water partition coefficient (Wildman–Crippen LogP) is 4.77. The highest BCUT2D eigenvalue weighted by Gasteiger charge is 2.36. The van der Waals surface area contributed by atoms with Gasteiger partial charge < -0.3 is 4.57 Å². The number of aromatic nitrogens is 2. The Morgan fingerprint density at radius 1 is 1.06 bits per heavy atom. The number of nitrogens with one attached hydrogen (secondary N) is 1. The van der Waals surface area contributed by atoms with E-state index in [2.05, 4.69) is 51.7 Å². The van der Waals surface area contributed by atoms with Crippen LogP contribution in [0, 0.1) is 33.1 Å². The molecule has 1 aromatic carbocycles. The first-order chi connectivity index (χ1) is 15.8. The Morgan fingerprint density at radius 2 is 1.82 bits per heavy atom. The molecule has 33 heavy (non-hydrogen) atoms. The summed E-state index contributed by atoms with van der Waals surface area (Å²) in [6.07, 6.45) is 5.14. The molecule has 0 bridgehead atoms. The van der Waals surface area contributed by atoms with E-state index in [1.807, 2.05) is 32.0 Å². The van der Waals surface area contributed by atoms with Crippen molar-refractivity contribution < 1.29 is 4.79 Å². The number of hydrazone groups is 1. The van der Waals surface area contributed by atoms with E-state index in [1.165, 1.54) is 27.9 Å². The van der Waals surface area contributed by atoms with Crippen LogP contribution < -0.4 is 0 Å². The number of rotatable bonds is 3. The lowest BCUT2D eigenvalue weighted by Crippen LogP contribution is -2.35. The van der Waals surface area contributed by atoms with Crippen LogP contribution in [0.5, 0.6) is 0 Å². The molecule has 0 atom stereocenters. The molecule has 1 amide bonds. The van der Waals surface area contributed by atoms with E-state index < -0.39 is 5.91 Å². The molecule has 2 aliphatic rings. The van der Waals surface area contributed by atoms with Gasteiger partial charge in [-0.05, 0) is 80.4 Å². The molecule has 2 aromatic heterocycles. The molecule has 164 valence electrons. The van der Waals surface area contributed by atoms with Crippen LogP contribution in [-0.4, -0.2) is 36.5 Å². The minimum absolute atomic E-state index is 0.0215. The Balaban J connectivity index is 1.55. The molecule has 4 heterocycles. The number of amidine groups is 2. The highest BCUT2D eigenvalue weighted by Crippen LogP contribution is 2.32. The molecule has 0 fully saturated rings. The molecule has 1 N–H and O–H groups in total. The van der Waals surface area contributed by atoms with Gasteiger partial charge in [0.2, 0.25) is 5.17 Å². The molecule has 0 unspecified atom stereocenters. The van der Waals surface area contributed by atoms with Crippen molar-refractivity contribution in [3.05, 3.63) is 88.0 Å². The van der Waals surface area contributed by atoms with Gasteiger partial charge in [0.05, 0.1) is 11.3 Å².